The Hall–Kier alpha value is -2.09. The molecule has 2 aromatic carbocycles. The number of halogens is 2. The number of carbonyl (C=O) groups excluding carboxylic acids is 1. The number of para-hydroxylation sites is 1. The van der Waals surface area contributed by atoms with Crippen LogP contribution in [-0.2, 0) is 9.84 Å². The van der Waals surface area contributed by atoms with Gasteiger partial charge in [0, 0.05) is 6.26 Å². The minimum absolute atomic E-state index is 0.136. The Kier molecular flexibility index (Phi) is 4.25. The third kappa shape index (κ3) is 3.10. The Labute approximate surface area is 147 Å². The van der Waals surface area contributed by atoms with Crippen LogP contribution in [0, 0.1) is 0 Å². The van der Waals surface area contributed by atoms with Crippen molar-refractivity contribution in [3.05, 3.63) is 52.0 Å². The molecule has 0 saturated heterocycles. The van der Waals surface area contributed by atoms with Crippen LogP contribution < -0.4 is 5.32 Å². The standard InChI is InChI=1S/C15H11Cl2N3O3S/c1-24(22,23)15-19-11-7-3-6-10(13(11)20-15)18-14(21)12-8(16)4-2-5-9(12)17/h2-7H,1H3,(H,18,21)(H,19,20). The van der Waals surface area contributed by atoms with Gasteiger partial charge in [0.15, 0.2) is 0 Å². The largest absolute Gasteiger partial charge is 0.329 e. The van der Waals surface area contributed by atoms with E-state index >= 15 is 0 Å². The van der Waals surface area contributed by atoms with Gasteiger partial charge in [0.25, 0.3) is 5.91 Å². The van der Waals surface area contributed by atoms with Crippen LogP contribution in [0.1, 0.15) is 10.4 Å². The number of nitrogens with one attached hydrogen (secondary N) is 2. The summed E-state index contributed by atoms with van der Waals surface area (Å²) in [6.45, 7) is 0. The van der Waals surface area contributed by atoms with Gasteiger partial charge in [-0.1, -0.05) is 35.3 Å². The molecule has 1 aromatic heterocycles. The smallest absolute Gasteiger partial charge is 0.258 e. The lowest BCUT2D eigenvalue weighted by atomic mass is 10.2. The van der Waals surface area contributed by atoms with Gasteiger partial charge in [0.05, 0.1) is 26.8 Å². The molecule has 0 aliphatic rings. The summed E-state index contributed by atoms with van der Waals surface area (Å²) in [5.41, 5.74) is 1.30. The molecule has 24 heavy (non-hydrogen) atoms. The number of fused-ring (bicyclic) bond motifs is 1. The molecular formula is C15H11Cl2N3O3S. The number of H-pyrrole nitrogens is 1. The van der Waals surface area contributed by atoms with Crippen molar-refractivity contribution in [1.82, 2.24) is 9.97 Å². The SMILES string of the molecule is CS(=O)(=O)c1nc2c(NC(=O)c3c(Cl)cccc3Cl)cccc2[nH]1. The number of hydrogen-bond acceptors (Lipinski definition) is 4. The summed E-state index contributed by atoms with van der Waals surface area (Å²) < 4.78 is 23.3. The number of sulfone groups is 1. The van der Waals surface area contributed by atoms with Gasteiger partial charge < -0.3 is 10.3 Å². The molecule has 2 N–H and O–H groups in total. The van der Waals surface area contributed by atoms with Crippen molar-refractivity contribution in [3.8, 4) is 0 Å². The predicted molar refractivity (Wildman–Crippen MR) is 93.6 cm³/mol. The van der Waals surface area contributed by atoms with Gasteiger partial charge in [-0.3, -0.25) is 4.79 Å². The lowest BCUT2D eigenvalue weighted by Crippen LogP contribution is -2.13. The number of benzene rings is 2. The third-order valence-electron chi connectivity index (χ3n) is 3.28. The maximum atomic E-state index is 12.5. The molecule has 0 aliphatic carbocycles. The van der Waals surface area contributed by atoms with E-state index in [1.807, 2.05) is 0 Å². The van der Waals surface area contributed by atoms with Crippen molar-refractivity contribution in [2.45, 2.75) is 5.16 Å². The molecule has 0 atom stereocenters. The molecule has 124 valence electrons. The van der Waals surface area contributed by atoms with Crippen LogP contribution in [0.4, 0.5) is 5.69 Å². The first kappa shape index (κ1) is 16.8. The Morgan fingerprint density at radius 3 is 2.38 bits per heavy atom. The molecule has 0 fully saturated rings. The number of anilines is 1. The highest BCUT2D eigenvalue weighted by atomic mass is 35.5. The van der Waals surface area contributed by atoms with Crippen molar-refractivity contribution >= 4 is 55.7 Å². The average Bonchev–Trinajstić information content (AvgIpc) is 2.92. The highest BCUT2D eigenvalue weighted by Crippen LogP contribution is 2.27. The van der Waals surface area contributed by atoms with Crippen molar-refractivity contribution < 1.29 is 13.2 Å². The fourth-order valence-electron chi connectivity index (χ4n) is 2.19. The topological polar surface area (TPSA) is 91.9 Å². The number of aromatic amines is 1. The van der Waals surface area contributed by atoms with Gasteiger partial charge in [-0.05, 0) is 24.3 Å². The Morgan fingerprint density at radius 1 is 1.12 bits per heavy atom. The fourth-order valence-corrected chi connectivity index (χ4v) is 3.31. The van der Waals surface area contributed by atoms with Crippen molar-refractivity contribution in [1.29, 1.82) is 0 Å². The zero-order valence-corrected chi connectivity index (χ0v) is 14.6. The summed E-state index contributed by atoms with van der Waals surface area (Å²) in [6, 6.07) is 9.68. The summed E-state index contributed by atoms with van der Waals surface area (Å²) >= 11 is 12.1. The van der Waals surface area contributed by atoms with E-state index in [1.54, 1.807) is 36.4 Å². The second-order valence-electron chi connectivity index (χ2n) is 5.07. The van der Waals surface area contributed by atoms with Gasteiger partial charge in [0.2, 0.25) is 15.0 Å². The number of carbonyl (C=O) groups is 1. The highest BCUT2D eigenvalue weighted by Gasteiger charge is 2.18. The van der Waals surface area contributed by atoms with Gasteiger partial charge in [-0.15, -0.1) is 0 Å². The number of rotatable bonds is 3. The first-order valence-electron chi connectivity index (χ1n) is 6.71. The molecule has 0 saturated carbocycles. The van der Waals surface area contributed by atoms with Crippen molar-refractivity contribution in [2.24, 2.45) is 0 Å². The van der Waals surface area contributed by atoms with Crippen LogP contribution in [0.3, 0.4) is 0 Å². The van der Waals surface area contributed by atoms with E-state index in [9.17, 15) is 13.2 Å². The lowest BCUT2D eigenvalue weighted by Gasteiger charge is -2.08. The van der Waals surface area contributed by atoms with Gasteiger partial charge in [-0.2, -0.15) is 0 Å². The summed E-state index contributed by atoms with van der Waals surface area (Å²) in [5.74, 6) is -0.512. The second-order valence-corrected chi connectivity index (χ2v) is 7.81. The zero-order chi connectivity index (χ0) is 17.5. The second kappa shape index (κ2) is 6.08. The number of nitrogens with zero attached hydrogens (tertiary/aromatic N) is 1. The molecule has 1 heterocycles. The summed E-state index contributed by atoms with van der Waals surface area (Å²) in [4.78, 5) is 19.2. The number of imidazole rings is 1. The van der Waals surface area contributed by atoms with Gasteiger partial charge >= 0.3 is 0 Å². The molecule has 1 amide bonds. The van der Waals surface area contributed by atoms with Crippen LogP contribution in [0.15, 0.2) is 41.6 Å². The zero-order valence-electron chi connectivity index (χ0n) is 12.3. The normalized spacial score (nSPS) is 11.6. The van der Waals surface area contributed by atoms with E-state index in [4.69, 9.17) is 23.2 Å². The Morgan fingerprint density at radius 2 is 1.75 bits per heavy atom. The molecule has 0 spiro atoms. The van der Waals surface area contributed by atoms with Crippen LogP contribution in [0.5, 0.6) is 0 Å². The molecule has 9 heteroatoms. The summed E-state index contributed by atoms with van der Waals surface area (Å²) in [6.07, 6.45) is 1.05. The van der Waals surface area contributed by atoms with E-state index < -0.39 is 15.7 Å². The third-order valence-corrected chi connectivity index (χ3v) is 4.81. The maximum Gasteiger partial charge on any atom is 0.258 e. The monoisotopic (exact) mass is 383 g/mol. The van der Waals surface area contributed by atoms with Crippen LogP contribution >= 0.6 is 23.2 Å². The molecule has 3 rings (SSSR count). The predicted octanol–water partition coefficient (Wildman–Crippen LogP) is 3.53. The maximum absolute atomic E-state index is 12.5. The van der Waals surface area contributed by atoms with Crippen molar-refractivity contribution in [3.63, 3.8) is 0 Å². The van der Waals surface area contributed by atoms with Crippen LogP contribution in [0.2, 0.25) is 10.0 Å². The van der Waals surface area contributed by atoms with E-state index in [0.29, 0.717) is 16.7 Å². The Balaban J connectivity index is 2.04. The van der Waals surface area contributed by atoms with Gasteiger partial charge in [0.1, 0.15) is 5.52 Å². The summed E-state index contributed by atoms with van der Waals surface area (Å²) in [5, 5.41) is 2.92. The number of amides is 1. The molecule has 3 aromatic rings. The minimum atomic E-state index is -3.50. The van der Waals surface area contributed by atoms with Crippen LogP contribution in [-0.4, -0.2) is 30.5 Å². The van der Waals surface area contributed by atoms with E-state index in [1.165, 1.54) is 0 Å². The summed E-state index contributed by atoms with van der Waals surface area (Å²) in [7, 11) is -3.50. The molecule has 0 bridgehead atoms. The van der Waals surface area contributed by atoms with Gasteiger partial charge in [-0.25, -0.2) is 13.4 Å². The Bertz CT molecular complexity index is 1040. The first-order valence-corrected chi connectivity index (χ1v) is 9.36. The van der Waals surface area contributed by atoms with Crippen LogP contribution in [0.25, 0.3) is 11.0 Å². The van der Waals surface area contributed by atoms with E-state index in [0.717, 1.165) is 6.26 Å². The number of hydrogen-bond donors (Lipinski definition) is 2. The molecular weight excluding hydrogens is 373 g/mol. The minimum Gasteiger partial charge on any atom is -0.329 e. The average molecular weight is 384 g/mol. The molecule has 0 aliphatic heterocycles. The number of aromatic nitrogens is 2. The molecule has 6 nitrogen and oxygen atoms in total. The molecule has 0 unspecified atom stereocenters. The van der Waals surface area contributed by atoms with E-state index in [-0.39, 0.29) is 20.8 Å². The molecule has 0 radical (unpaired) electrons. The highest BCUT2D eigenvalue weighted by molar-refractivity contribution is 7.90. The quantitative estimate of drug-likeness (QED) is 0.723. The van der Waals surface area contributed by atoms with Crippen molar-refractivity contribution in [2.75, 3.05) is 11.6 Å². The lowest BCUT2D eigenvalue weighted by molar-refractivity contribution is 0.102. The van der Waals surface area contributed by atoms with E-state index in [2.05, 4.69) is 15.3 Å². The fraction of sp³-hybridized carbons (Fsp3) is 0.0667. The first-order chi connectivity index (χ1) is 11.3.